The molecular formula is C32H32N2O6S. The van der Waals surface area contributed by atoms with Crippen molar-refractivity contribution in [1.82, 2.24) is 0 Å². The Bertz CT molecular complexity index is 1520. The van der Waals surface area contributed by atoms with Crippen molar-refractivity contribution in [3.63, 3.8) is 0 Å². The lowest BCUT2D eigenvalue weighted by molar-refractivity contribution is -0.122. The van der Waals surface area contributed by atoms with Gasteiger partial charge in [0.05, 0.1) is 18.9 Å². The molecule has 41 heavy (non-hydrogen) atoms. The average molecular weight is 573 g/mol. The fourth-order valence-electron chi connectivity index (χ4n) is 4.19. The van der Waals surface area contributed by atoms with Crippen LogP contribution in [0.15, 0.2) is 78.9 Å². The Morgan fingerprint density at radius 2 is 1.54 bits per heavy atom. The highest BCUT2D eigenvalue weighted by atomic mass is 32.1. The molecule has 1 atom stereocenters. The number of para-hydroxylation sites is 2. The maximum absolute atomic E-state index is 13.2. The zero-order valence-corrected chi connectivity index (χ0v) is 24.2. The third-order valence-corrected chi connectivity index (χ3v) is 7.12. The minimum atomic E-state index is -0.804. The second kappa shape index (κ2) is 13.6. The molecule has 0 aliphatic rings. The summed E-state index contributed by atoms with van der Waals surface area (Å²) in [6.07, 6.45) is -0.804. The highest BCUT2D eigenvalue weighted by molar-refractivity contribution is 7.17. The smallest absolute Gasteiger partial charge is 0.341 e. The van der Waals surface area contributed by atoms with Crippen molar-refractivity contribution in [2.45, 2.75) is 33.8 Å². The monoisotopic (exact) mass is 572 g/mol. The molecule has 0 saturated carbocycles. The van der Waals surface area contributed by atoms with Crippen LogP contribution in [0.1, 0.15) is 46.4 Å². The number of carbonyl (C=O) groups is 3. The Morgan fingerprint density at radius 3 is 2.22 bits per heavy atom. The number of anilines is 2. The molecule has 0 saturated heterocycles. The molecule has 0 bridgehead atoms. The van der Waals surface area contributed by atoms with Crippen LogP contribution >= 0.6 is 11.3 Å². The average Bonchev–Trinajstić information content (AvgIpc) is 3.30. The van der Waals surface area contributed by atoms with E-state index in [1.807, 2.05) is 56.3 Å². The number of aryl methyl sites for hydroxylation is 1. The maximum atomic E-state index is 13.2. The fourth-order valence-corrected chi connectivity index (χ4v) is 5.25. The molecule has 0 radical (unpaired) electrons. The van der Waals surface area contributed by atoms with Gasteiger partial charge in [-0.05, 0) is 69.7 Å². The van der Waals surface area contributed by atoms with Crippen LogP contribution in [0.25, 0.3) is 11.1 Å². The summed E-state index contributed by atoms with van der Waals surface area (Å²) in [6, 6.07) is 23.1. The Morgan fingerprint density at radius 1 is 0.854 bits per heavy atom. The zero-order chi connectivity index (χ0) is 29.4. The molecule has 4 aromatic rings. The summed E-state index contributed by atoms with van der Waals surface area (Å²) in [5.41, 5.74) is 2.86. The first-order chi connectivity index (χ1) is 19.8. The van der Waals surface area contributed by atoms with Crippen molar-refractivity contribution in [2.24, 2.45) is 0 Å². The predicted octanol–water partition coefficient (Wildman–Crippen LogP) is 6.96. The number of nitrogens with one attached hydrogen (secondary N) is 2. The molecule has 2 N–H and O–H groups in total. The van der Waals surface area contributed by atoms with E-state index in [4.69, 9.17) is 14.2 Å². The van der Waals surface area contributed by atoms with E-state index < -0.39 is 12.1 Å². The highest BCUT2D eigenvalue weighted by Gasteiger charge is 2.26. The summed E-state index contributed by atoms with van der Waals surface area (Å²) in [4.78, 5) is 39.7. The maximum Gasteiger partial charge on any atom is 0.341 e. The second-order valence-corrected chi connectivity index (χ2v) is 10.2. The van der Waals surface area contributed by atoms with E-state index in [-0.39, 0.29) is 18.4 Å². The van der Waals surface area contributed by atoms with Gasteiger partial charge >= 0.3 is 5.97 Å². The molecule has 0 aliphatic carbocycles. The minimum absolute atomic E-state index is 0.215. The third-order valence-electron chi connectivity index (χ3n) is 6.10. The van der Waals surface area contributed by atoms with E-state index in [9.17, 15) is 14.4 Å². The van der Waals surface area contributed by atoms with Crippen molar-refractivity contribution in [3.05, 3.63) is 94.9 Å². The standard InChI is InChI=1S/C32H32N2O6S/c1-5-38-26-15-11-10-14-25(26)33-29(35)20(3)40-24-18-16-23(17-19-24)30(36)34-31-28(32(37)39-6-2)27(21(4)41-31)22-12-8-7-9-13-22/h7-20H,5-6H2,1-4H3,(H,33,35)(H,34,36)/t20-/m1/s1. The SMILES string of the molecule is CCOC(=O)c1c(NC(=O)c2ccc(O[C@H](C)C(=O)Nc3ccccc3OCC)cc2)sc(C)c1-c1ccccc1. The van der Waals surface area contributed by atoms with Gasteiger partial charge in [-0.1, -0.05) is 42.5 Å². The molecule has 0 spiro atoms. The van der Waals surface area contributed by atoms with Gasteiger partial charge in [0.2, 0.25) is 0 Å². The lowest BCUT2D eigenvalue weighted by atomic mass is 10.0. The summed E-state index contributed by atoms with van der Waals surface area (Å²) in [5.74, 6) is -0.221. The van der Waals surface area contributed by atoms with Crippen LogP contribution in [0, 0.1) is 6.92 Å². The van der Waals surface area contributed by atoms with Gasteiger partial charge in [0.15, 0.2) is 6.10 Å². The van der Waals surface area contributed by atoms with E-state index in [1.54, 1.807) is 50.2 Å². The third kappa shape index (κ3) is 7.12. The van der Waals surface area contributed by atoms with Gasteiger partial charge in [0, 0.05) is 16.0 Å². The normalized spacial score (nSPS) is 11.3. The van der Waals surface area contributed by atoms with Crippen LogP contribution in [-0.4, -0.2) is 37.1 Å². The molecule has 1 aromatic heterocycles. The first kappa shape index (κ1) is 29.4. The molecule has 2 amide bonds. The van der Waals surface area contributed by atoms with Gasteiger partial charge < -0.3 is 24.8 Å². The molecule has 0 aliphatic heterocycles. The number of benzene rings is 3. The first-order valence-corrected chi connectivity index (χ1v) is 14.1. The van der Waals surface area contributed by atoms with E-state index in [0.717, 1.165) is 16.0 Å². The van der Waals surface area contributed by atoms with Crippen LogP contribution in [0.2, 0.25) is 0 Å². The Kier molecular flexibility index (Phi) is 9.76. The largest absolute Gasteiger partial charge is 0.492 e. The molecule has 9 heteroatoms. The molecule has 0 unspecified atom stereocenters. The van der Waals surface area contributed by atoms with E-state index in [2.05, 4.69) is 10.6 Å². The van der Waals surface area contributed by atoms with Gasteiger partial charge in [-0.3, -0.25) is 9.59 Å². The molecule has 3 aromatic carbocycles. The van der Waals surface area contributed by atoms with Crippen molar-refractivity contribution in [3.8, 4) is 22.6 Å². The second-order valence-electron chi connectivity index (χ2n) is 8.98. The summed E-state index contributed by atoms with van der Waals surface area (Å²) in [5, 5.41) is 6.12. The van der Waals surface area contributed by atoms with Crippen LogP contribution in [0.5, 0.6) is 11.5 Å². The van der Waals surface area contributed by atoms with Gasteiger partial charge in [0.1, 0.15) is 22.1 Å². The Balaban J connectivity index is 1.46. The predicted molar refractivity (Wildman–Crippen MR) is 161 cm³/mol. The fraction of sp³-hybridized carbons (Fsp3) is 0.219. The summed E-state index contributed by atoms with van der Waals surface area (Å²) < 4.78 is 16.7. The van der Waals surface area contributed by atoms with Gasteiger partial charge in [-0.2, -0.15) is 0 Å². The zero-order valence-electron chi connectivity index (χ0n) is 23.4. The van der Waals surface area contributed by atoms with Crippen molar-refractivity contribution in [1.29, 1.82) is 0 Å². The summed E-state index contributed by atoms with van der Waals surface area (Å²) >= 11 is 1.32. The van der Waals surface area contributed by atoms with Crippen LogP contribution in [0.3, 0.4) is 0 Å². The number of ether oxygens (including phenoxy) is 3. The number of hydrogen-bond acceptors (Lipinski definition) is 7. The van der Waals surface area contributed by atoms with Crippen LogP contribution in [-0.2, 0) is 9.53 Å². The van der Waals surface area contributed by atoms with Crippen molar-refractivity contribution >= 4 is 39.8 Å². The van der Waals surface area contributed by atoms with Gasteiger partial charge in [0.25, 0.3) is 11.8 Å². The molecular weight excluding hydrogens is 540 g/mol. The lowest BCUT2D eigenvalue weighted by Gasteiger charge is -2.16. The van der Waals surface area contributed by atoms with Crippen molar-refractivity contribution in [2.75, 3.05) is 23.8 Å². The quantitative estimate of drug-likeness (QED) is 0.188. The number of carbonyl (C=O) groups excluding carboxylic acids is 3. The molecule has 0 fully saturated rings. The number of amides is 2. The topological polar surface area (TPSA) is 103 Å². The van der Waals surface area contributed by atoms with Crippen LogP contribution in [0.4, 0.5) is 10.7 Å². The van der Waals surface area contributed by atoms with E-state index >= 15 is 0 Å². The minimum Gasteiger partial charge on any atom is -0.492 e. The molecule has 8 nitrogen and oxygen atoms in total. The van der Waals surface area contributed by atoms with E-state index in [0.29, 0.717) is 39.9 Å². The molecule has 1 heterocycles. The summed E-state index contributed by atoms with van der Waals surface area (Å²) in [6.45, 7) is 7.85. The highest BCUT2D eigenvalue weighted by Crippen LogP contribution is 2.40. The molecule has 212 valence electrons. The van der Waals surface area contributed by atoms with E-state index in [1.165, 1.54) is 11.3 Å². The number of hydrogen-bond donors (Lipinski definition) is 2. The Hall–Kier alpha value is -4.63. The van der Waals surface area contributed by atoms with Gasteiger partial charge in [-0.15, -0.1) is 11.3 Å². The molecule has 4 rings (SSSR count). The number of rotatable bonds is 11. The number of esters is 1. The lowest BCUT2D eigenvalue weighted by Crippen LogP contribution is -2.30. The Labute approximate surface area is 243 Å². The van der Waals surface area contributed by atoms with Crippen LogP contribution < -0.4 is 20.1 Å². The summed E-state index contributed by atoms with van der Waals surface area (Å²) in [7, 11) is 0. The first-order valence-electron chi connectivity index (χ1n) is 13.3. The number of thiophene rings is 1. The van der Waals surface area contributed by atoms with Gasteiger partial charge in [-0.25, -0.2) is 4.79 Å². The van der Waals surface area contributed by atoms with Crippen molar-refractivity contribution < 1.29 is 28.6 Å².